The molecule has 1 fully saturated rings. The van der Waals surface area contributed by atoms with Crippen LogP contribution >= 0.6 is 15.9 Å². The smallest absolute Gasteiger partial charge is 0.309 e. The van der Waals surface area contributed by atoms with Gasteiger partial charge in [-0.15, -0.1) is 0 Å². The van der Waals surface area contributed by atoms with Crippen LogP contribution in [0.15, 0.2) is 18.2 Å². The van der Waals surface area contributed by atoms with Crippen LogP contribution in [0.4, 0.5) is 23.2 Å². The highest BCUT2D eigenvalue weighted by Crippen LogP contribution is 2.40. The number of hydrogen-bond donors (Lipinski definition) is 0. The molecule has 0 radical (unpaired) electrons. The second kappa shape index (κ2) is 5.11. The van der Waals surface area contributed by atoms with Crippen LogP contribution in [0.25, 0.3) is 0 Å². The molecule has 1 unspecified atom stereocenters. The summed E-state index contributed by atoms with van der Waals surface area (Å²) in [6, 6.07) is 2.71. The van der Waals surface area contributed by atoms with Crippen molar-refractivity contribution in [3.63, 3.8) is 0 Å². The summed E-state index contributed by atoms with van der Waals surface area (Å²) in [6.45, 7) is 0.0914. The SMILES string of the molecule is O=C1CC(CBr)CN1c1c(F)cccc1C(F)(F)F. The van der Waals surface area contributed by atoms with E-state index in [9.17, 15) is 22.4 Å². The molecule has 1 aromatic carbocycles. The molecule has 19 heavy (non-hydrogen) atoms. The van der Waals surface area contributed by atoms with Gasteiger partial charge in [0.05, 0.1) is 11.3 Å². The Balaban J connectivity index is 2.48. The normalized spacial score (nSPS) is 20.2. The summed E-state index contributed by atoms with van der Waals surface area (Å²) in [6.07, 6.45) is -4.57. The lowest BCUT2D eigenvalue weighted by Crippen LogP contribution is -2.28. The van der Waals surface area contributed by atoms with Crippen LogP contribution in [0, 0.1) is 11.7 Å². The van der Waals surface area contributed by atoms with Gasteiger partial charge in [-0.2, -0.15) is 13.2 Å². The minimum Gasteiger partial charge on any atom is -0.309 e. The molecule has 2 nitrogen and oxygen atoms in total. The molecule has 0 aliphatic carbocycles. The Morgan fingerprint density at radius 1 is 1.37 bits per heavy atom. The van der Waals surface area contributed by atoms with E-state index < -0.39 is 29.2 Å². The summed E-state index contributed by atoms with van der Waals surface area (Å²) in [5.74, 6) is -1.62. The van der Waals surface area contributed by atoms with Gasteiger partial charge in [0.2, 0.25) is 5.91 Å². The maximum atomic E-state index is 13.7. The molecular weight excluding hydrogens is 330 g/mol. The number of carbonyl (C=O) groups is 1. The topological polar surface area (TPSA) is 20.3 Å². The molecule has 0 N–H and O–H groups in total. The van der Waals surface area contributed by atoms with Crippen LogP contribution in [0.5, 0.6) is 0 Å². The van der Waals surface area contributed by atoms with Crippen LogP contribution in [0.3, 0.4) is 0 Å². The van der Waals surface area contributed by atoms with Crippen LogP contribution in [0.2, 0.25) is 0 Å². The molecule has 104 valence electrons. The van der Waals surface area contributed by atoms with Crippen molar-refractivity contribution in [2.24, 2.45) is 5.92 Å². The van der Waals surface area contributed by atoms with Gasteiger partial charge < -0.3 is 4.90 Å². The zero-order valence-electron chi connectivity index (χ0n) is 9.68. The Bertz CT molecular complexity index is 503. The van der Waals surface area contributed by atoms with Crippen molar-refractivity contribution in [1.82, 2.24) is 0 Å². The molecular formula is C12H10BrF4NO. The fourth-order valence-corrected chi connectivity index (χ4v) is 2.55. The van der Waals surface area contributed by atoms with Crippen molar-refractivity contribution in [2.75, 3.05) is 16.8 Å². The highest BCUT2D eigenvalue weighted by atomic mass is 79.9. The predicted molar refractivity (Wildman–Crippen MR) is 65.7 cm³/mol. The zero-order chi connectivity index (χ0) is 14.2. The third kappa shape index (κ3) is 2.75. The summed E-state index contributed by atoms with van der Waals surface area (Å²) in [4.78, 5) is 12.6. The number of amides is 1. The molecule has 7 heteroatoms. The lowest BCUT2D eigenvalue weighted by molar-refractivity contribution is -0.137. The van der Waals surface area contributed by atoms with E-state index in [0.717, 1.165) is 23.1 Å². The number of para-hydroxylation sites is 1. The number of benzene rings is 1. The summed E-state index contributed by atoms with van der Waals surface area (Å²) in [7, 11) is 0. The molecule has 1 aliphatic rings. The molecule has 0 spiro atoms. The number of carbonyl (C=O) groups excluding carboxylic acids is 1. The van der Waals surface area contributed by atoms with Crippen LogP contribution < -0.4 is 4.90 Å². The fraction of sp³-hybridized carbons (Fsp3) is 0.417. The first-order chi connectivity index (χ1) is 8.84. The minimum atomic E-state index is -4.69. The van der Waals surface area contributed by atoms with Gasteiger partial charge in [-0.25, -0.2) is 4.39 Å². The highest BCUT2D eigenvalue weighted by Gasteiger charge is 2.40. The number of rotatable bonds is 2. The van der Waals surface area contributed by atoms with Gasteiger partial charge in [-0.3, -0.25) is 4.79 Å². The van der Waals surface area contributed by atoms with E-state index in [0.29, 0.717) is 5.33 Å². The molecule has 1 amide bonds. The number of alkyl halides is 4. The largest absolute Gasteiger partial charge is 0.418 e. The third-order valence-corrected chi connectivity index (χ3v) is 3.90. The molecule has 1 heterocycles. The first kappa shape index (κ1) is 14.3. The van der Waals surface area contributed by atoms with Crippen molar-refractivity contribution >= 4 is 27.5 Å². The molecule has 0 aromatic heterocycles. The van der Waals surface area contributed by atoms with E-state index in [4.69, 9.17) is 0 Å². The number of halogens is 5. The van der Waals surface area contributed by atoms with Crippen LogP contribution in [-0.4, -0.2) is 17.8 Å². The van der Waals surface area contributed by atoms with Crippen molar-refractivity contribution in [3.05, 3.63) is 29.6 Å². The van der Waals surface area contributed by atoms with E-state index in [1.165, 1.54) is 0 Å². The van der Waals surface area contributed by atoms with Crippen molar-refractivity contribution < 1.29 is 22.4 Å². The monoisotopic (exact) mass is 339 g/mol. The number of anilines is 1. The number of nitrogens with zero attached hydrogens (tertiary/aromatic N) is 1. The summed E-state index contributed by atoms with van der Waals surface area (Å²) in [5.41, 5.74) is -1.78. The summed E-state index contributed by atoms with van der Waals surface area (Å²) < 4.78 is 52.4. The maximum absolute atomic E-state index is 13.7. The van der Waals surface area contributed by atoms with Crippen LogP contribution in [0.1, 0.15) is 12.0 Å². The lowest BCUT2D eigenvalue weighted by atomic mass is 10.1. The van der Waals surface area contributed by atoms with Crippen molar-refractivity contribution in [3.8, 4) is 0 Å². The Labute approximate surface area is 115 Å². The minimum absolute atomic E-state index is 0.0914. The molecule has 2 rings (SSSR count). The highest BCUT2D eigenvalue weighted by molar-refractivity contribution is 9.09. The van der Waals surface area contributed by atoms with E-state index in [1.807, 2.05) is 0 Å². The van der Waals surface area contributed by atoms with Gasteiger partial charge in [0, 0.05) is 18.3 Å². The Morgan fingerprint density at radius 3 is 2.58 bits per heavy atom. The van der Waals surface area contributed by atoms with Crippen LogP contribution in [-0.2, 0) is 11.0 Å². The predicted octanol–water partition coefficient (Wildman–Crippen LogP) is 3.59. The van der Waals surface area contributed by atoms with Crippen molar-refractivity contribution in [2.45, 2.75) is 12.6 Å². The Morgan fingerprint density at radius 2 is 2.05 bits per heavy atom. The Kier molecular flexibility index (Phi) is 3.85. The third-order valence-electron chi connectivity index (χ3n) is 2.99. The first-order valence-corrected chi connectivity index (χ1v) is 6.68. The molecule has 1 atom stereocenters. The van der Waals surface area contributed by atoms with Gasteiger partial charge in [-0.05, 0) is 18.1 Å². The summed E-state index contributed by atoms with van der Waals surface area (Å²) in [5, 5.41) is 0.491. The number of hydrogen-bond acceptors (Lipinski definition) is 1. The van der Waals surface area contributed by atoms with Gasteiger partial charge in [-0.1, -0.05) is 22.0 Å². The standard InChI is InChI=1S/C12H10BrF4NO/c13-5-7-4-10(19)18(6-7)11-8(12(15,16)17)2-1-3-9(11)14/h1-3,7H,4-6H2. The summed E-state index contributed by atoms with van der Waals surface area (Å²) >= 11 is 3.19. The zero-order valence-corrected chi connectivity index (χ0v) is 11.3. The first-order valence-electron chi connectivity index (χ1n) is 5.56. The molecule has 1 aliphatic heterocycles. The average Bonchev–Trinajstić information content (AvgIpc) is 2.69. The lowest BCUT2D eigenvalue weighted by Gasteiger charge is -2.22. The quantitative estimate of drug-likeness (QED) is 0.595. The second-order valence-corrected chi connectivity index (χ2v) is 5.01. The molecule has 1 aromatic rings. The van der Waals surface area contributed by atoms with E-state index >= 15 is 0 Å². The Hall–Kier alpha value is -1.11. The van der Waals surface area contributed by atoms with Crippen molar-refractivity contribution in [1.29, 1.82) is 0 Å². The molecule has 0 bridgehead atoms. The van der Waals surface area contributed by atoms with Gasteiger partial charge in [0.15, 0.2) is 0 Å². The maximum Gasteiger partial charge on any atom is 0.418 e. The van der Waals surface area contributed by atoms with E-state index in [-0.39, 0.29) is 18.9 Å². The van der Waals surface area contributed by atoms with E-state index in [1.54, 1.807) is 0 Å². The average molecular weight is 340 g/mol. The van der Waals surface area contributed by atoms with E-state index in [2.05, 4.69) is 15.9 Å². The molecule has 0 saturated carbocycles. The van der Waals surface area contributed by atoms with Gasteiger partial charge in [0.25, 0.3) is 0 Å². The van der Waals surface area contributed by atoms with Gasteiger partial charge >= 0.3 is 6.18 Å². The van der Waals surface area contributed by atoms with Gasteiger partial charge in [0.1, 0.15) is 5.82 Å². The second-order valence-electron chi connectivity index (χ2n) is 4.36. The molecule has 1 saturated heterocycles. The fourth-order valence-electron chi connectivity index (χ4n) is 2.12.